The van der Waals surface area contributed by atoms with Crippen LogP contribution in [0.25, 0.3) is 0 Å². The highest BCUT2D eigenvalue weighted by Crippen LogP contribution is 2.13. The summed E-state index contributed by atoms with van der Waals surface area (Å²) in [4.78, 5) is 14.0. The Balaban J connectivity index is 2.00. The van der Waals surface area contributed by atoms with Crippen molar-refractivity contribution < 1.29 is 4.79 Å². The zero-order valence-corrected chi connectivity index (χ0v) is 13.6. The summed E-state index contributed by atoms with van der Waals surface area (Å²) < 4.78 is 0. The fourth-order valence-electron chi connectivity index (χ4n) is 2.99. The van der Waals surface area contributed by atoms with Gasteiger partial charge in [-0.15, -0.1) is 0 Å². The smallest absolute Gasteiger partial charge is 0.222 e. The number of nitrogens with one attached hydrogen (secondary N) is 1. The van der Waals surface area contributed by atoms with Crippen molar-refractivity contribution in [2.24, 2.45) is 5.92 Å². The van der Waals surface area contributed by atoms with Gasteiger partial charge in [-0.1, -0.05) is 45.4 Å². The van der Waals surface area contributed by atoms with Crippen LogP contribution in [-0.4, -0.2) is 37.5 Å². The van der Waals surface area contributed by atoms with Crippen LogP contribution < -0.4 is 5.32 Å². The van der Waals surface area contributed by atoms with E-state index in [4.69, 9.17) is 0 Å². The number of hydrogen-bond acceptors (Lipinski definition) is 2. The topological polar surface area (TPSA) is 32.3 Å². The van der Waals surface area contributed by atoms with Gasteiger partial charge in [-0.25, -0.2) is 0 Å². The van der Waals surface area contributed by atoms with Crippen molar-refractivity contribution in [2.75, 3.05) is 26.7 Å². The van der Waals surface area contributed by atoms with Crippen LogP contribution in [0, 0.1) is 5.92 Å². The lowest BCUT2D eigenvalue weighted by Crippen LogP contribution is -2.39. The molecule has 0 spiro atoms. The number of piperidine rings is 1. The zero-order chi connectivity index (χ0) is 14.6. The number of carbonyl (C=O) groups excluding carboxylic acids is 1. The lowest BCUT2D eigenvalue weighted by Gasteiger charge is -2.27. The molecular weight excluding hydrogens is 248 g/mol. The van der Waals surface area contributed by atoms with Crippen LogP contribution in [-0.2, 0) is 4.79 Å². The van der Waals surface area contributed by atoms with Gasteiger partial charge >= 0.3 is 0 Å². The molecule has 1 N–H and O–H groups in total. The van der Waals surface area contributed by atoms with Gasteiger partial charge in [0, 0.05) is 20.0 Å². The van der Waals surface area contributed by atoms with E-state index in [-0.39, 0.29) is 0 Å². The number of carbonyl (C=O) groups is 1. The Morgan fingerprint density at radius 3 is 2.50 bits per heavy atom. The predicted molar refractivity (Wildman–Crippen MR) is 85.8 cm³/mol. The molecule has 20 heavy (non-hydrogen) atoms. The monoisotopic (exact) mass is 282 g/mol. The second-order valence-corrected chi connectivity index (χ2v) is 6.36. The Bertz CT molecular complexity index is 249. The first-order valence-electron chi connectivity index (χ1n) is 8.68. The quantitative estimate of drug-likeness (QED) is 0.621. The van der Waals surface area contributed by atoms with Gasteiger partial charge in [0.1, 0.15) is 0 Å². The molecule has 1 amide bonds. The minimum absolute atomic E-state index is 0.337. The molecule has 1 rings (SSSR count). The van der Waals surface area contributed by atoms with Crippen molar-refractivity contribution >= 4 is 5.91 Å². The highest BCUT2D eigenvalue weighted by atomic mass is 16.2. The molecule has 1 heterocycles. The van der Waals surface area contributed by atoms with E-state index in [2.05, 4.69) is 12.2 Å². The molecule has 1 unspecified atom stereocenters. The summed E-state index contributed by atoms with van der Waals surface area (Å²) >= 11 is 0. The number of nitrogens with zero attached hydrogens (tertiary/aromatic N) is 1. The maximum Gasteiger partial charge on any atom is 0.222 e. The van der Waals surface area contributed by atoms with Gasteiger partial charge in [-0.3, -0.25) is 4.79 Å². The van der Waals surface area contributed by atoms with Gasteiger partial charge < -0.3 is 10.2 Å². The molecule has 0 aromatic rings. The number of amides is 1. The molecule has 1 fully saturated rings. The van der Waals surface area contributed by atoms with E-state index in [1.165, 1.54) is 51.4 Å². The first kappa shape index (κ1) is 17.5. The Labute approximate surface area is 125 Å². The predicted octanol–water partition coefficient (Wildman–Crippen LogP) is 3.59. The summed E-state index contributed by atoms with van der Waals surface area (Å²) in [6, 6.07) is 0. The number of rotatable bonds is 10. The van der Waals surface area contributed by atoms with E-state index in [0.717, 1.165) is 32.5 Å². The normalized spacial score (nSPS) is 19.0. The van der Waals surface area contributed by atoms with Gasteiger partial charge in [-0.05, 0) is 38.3 Å². The Morgan fingerprint density at radius 1 is 1.15 bits per heavy atom. The molecule has 0 aromatic carbocycles. The minimum atomic E-state index is 0.337. The third-order valence-electron chi connectivity index (χ3n) is 4.35. The Kier molecular flexibility index (Phi) is 9.73. The summed E-state index contributed by atoms with van der Waals surface area (Å²) in [6.45, 7) is 5.40. The van der Waals surface area contributed by atoms with Crippen molar-refractivity contribution in [1.82, 2.24) is 10.2 Å². The van der Waals surface area contributed by atoms with Crippen molar-refractivity contribution in [1.29, 1.82) is 0 Å². The summed E-state index contributed by atoms with van der Waals surface area (Å²) in [5.74, 6) is 0.996. The molecular formula is C17H34N2O. The second-order valence-electron chi connectivity index (χ2n) is 6.36. The third kappa shape index (κ3) is 7.88. The summed E-state index contributed by atoms with van der Waals surface area (Å²) in [7, 11) is 1.97. The lowest BCUT2D eigenvalue weighted by molar-refractivity contribution is -0.130. The molecule has 0 aliphatic carbocycles. The molecule has 1 atom stereocenters. The number of hydrogen-bond donors (Lipinski definition) is 1. The molecule has 1 aliphatic rings. The van der Waals surface area contributed by atoms with Gasteiger partial charge in [0.2, 0.25) is 5.91 Å². The van der Waals surface area contributed by atoms with E-state index in [0.29, 0.717) is 11.8 Å². The Morgan fingerprint density at radius 2 is 1.85 bits per heavy atom. The first-order chi connectivity index (χ1) is 9.74. The van der Waals surface area contributed by atoms with Gasteiger partial charge in [0.15, 0.2) is 0 Å². The van der Waals surface area contributed by atoms with Crippen LogP contribution in [0.1, 0.15) is 71.1 Å². The third-order valence-corrected chi connectivity index (χ3v) is 4.35. The average molecular weight is 282 g/mol. The summed E-state index contributed by atoms with van der Waals surface area (Å²) in [5, 5.41) is 3.42. The Hall–Kier alpha value is -0.570. The van der Waals surface area contributed by atoms with Crippen molar-refractivity contribution in [3.63, 3.8) is 0 Å². The van der Waals surface area contributed by atoms with Gasteiger partial charge in [-0.2, -0.15) is 0 Å². The SMILES string of the molecule is CCCCCCCCCC(=O)N(C)CC1CCCNC1. The first-order valence-corrected chi connectivity index (χ1v) is 8.68. The molecule has 0 bridgehead atoms. The van der Waals surface area contributed by atoms with E-state index in [9.17, 15) is 4.79 Å². The standard InChI is InChI=1S/C17H34N2O/c1-3-4-5-6-7-8-9-12-17(20)19(2)15-16-11-10-13-18-14-16/h16,18H,3-15H2,1-2H3. The molecule has 1 aliphatic heterocycles. The zero-order valence-electron chi connectivity index (χ0n) is 13.6. The van der Waals surface area contributed by atoms with Crippen LogP contribution in [0.3, 0.4) is 0 Å². The molecule has 3 heteroatoms. The molecule has 0 aromatic heterocycles. The molecule has 0 saturated carbocycles. The molecule has 0 radical (unpaired) electrons. The summed E-state index contributed by atoms with van der Waals surface area (Å²) in [5.41, 5.74) is 0. The van der Waals surface area contributed by atoms with Crippen LogP contribution in [0.5, 0.6) is 0 Å². The van der Waals surface area contributed by atoms with Crippen molar-refractivity contribution in [2.45, 2.75) is 71.1 Å². The van der Waals surface area contributed by atoms with Crippen LogP contribution in [0.15, 0.2) is 0 Å². The summed E-state index contributed by atoms with van der Waals surface area (Å²) in [6.07, 6.45) is 12.2. The van der Waals surface area contributed by atoms with Crippen molar-refractivity contribution in [3.05, 3.63) is 0 Å². The maximum absolute atomic E-state index is 12.1. The minimum Gasteiger partial charge on any atom is -0.345 e. The highest BCUT2D eigenvalue weighted by molar-refractivity contribution is 5.75. The fraction of sp³-hybridized carbons (Fsp3) is 0.941. The van der Waals surface area contributed by atoms with E-state index < -0.39 is 0 Å². The lowest BCUT2D eigenvalue weighted by atomic mass is 9.99. The van der Waals surface area contributed by atoms with Crippen LogP contribution in [0.2, 0.25) is 0 Å². The largest absolute Gasteiger partial charge is 0.345 e. The second kappa shape index (κ2) is 11.1. The maximum atomic E-state index is 12.1. The van der Waals surface area contributed by atoms with Gasteiger partial charge in [0.25, 0.3) is 0 Å². The average Bonchev–Trinajstić information content (AvgIpc) is 2.47. The molecule has 118 valence electrons. The van der Waals surface area contributed by atoms with E-state index in [1.807, 2.05) is 11.9 Å². The fourth-order valence-corrected chi connectivity index (χ4v) is 2.99. The molecule has 3 nitrogen and oxygen atoms in total. The van der Waals surface area contributed by atoms with Crippen molar-refractivity contribution in [3.8, 4) is 0 Å². The number of unbranched alkanes of at least 4 members (excludes halogenated alkanes) is 6. The van der Waals surface area contributed by atoms with Crippen LogP contribution >= 0.6 is 0 Å². The van der Waals surface area contributed by atoms with Crippen LogP contribution in [0.4, 0.5) is 0 Å². The van der Waals surface area contributed by atoms with E-state index >= 15 is 0 Å². The van der Waals surface area contributed by atoms with Gasteiger partial charge in [0.05, 0.1) is 0 Å². The molecule has 1 saturated heterocycles. The highest BCUT2D eigenvalue weighted by Gasteiger charge is 2.17. The van der Waals surface area contributed by atoms with E-state index in [1.54, 1.807) is 0 Å².